The molecule has 0 spiro atoms. The van der Waals surface area contributed by atoms with Gasteiger partial charge in [0.2, 0.25) is 5.52 Å². The van der Waals surface area contributed by atoms with Gasteiger partial charge in [0.05, 0.1) is 5.69 Å². The molecule has 0 aliphatic carbocycles. The van der Waals surface area contributed by atoms with E-state index < -0.39 is 5.97 Å². The van der Waals surface area contributed by atoms with E-state index in [1.54, 1.807) is 13.0 Å². The van der Waals surface area contributed by atoms with Crippen LogP contribution in [0.5, 0.6) is 5.75 Å². The van der Waals surface area contributed by atoms with Crippen molar-refractivity contribution in [1.82, 2.24) is 0 Å². The van der Waals surface area contributed by atoms with E-state index in [0.29, 0.717) is 23.4 Å². The number of nitrogen functional groups attached to an aromatic ring is 1. The van der Waals surface area contributed by atoms with Crippen LogP contribution in [0.4, 0.5) is 5.69 Å². The Kier molecular flexibility index (Phi) is 7.09. The van der Waals surface area contributed by atoms with Gasteiger partial charge in [-0.2, -0.15) is 0 Å². The summed E-state index contributed by atoms with van der Waals surface area (Å²) in [4.78, 5) is 14.4. The molecule has 1 aromatic heterocycles. The molecule has 1 aromatic carbocycles. The number of aryl methyl sites for hydroxylation is 1. The number of benzene rings is 1. The third-order valence-corrected chi connectivity index (χ3v) is 3.09. The number of carboxylic acids is 1. The molecule has 0 amide bonds. The number of hydrogen-bond acceptors (Lipinski definition) is 3. The average Bonchev–Trinajstić information content (AvgIpc) is 2.34. The maximum atomic E-state index is 11.4. The van der Waals surface area contributed by atoms with Crippen LogP contribution in [0.15, 0.2) is 18.2 Å². The first-order valence-corrected chi connectivity index (χ1v) is 6.66. The second-order valence-corrected chi connectivity index (χ2v) is 5.98. The topological polar surface area (TPSA) is 114 Å². The summed E-state index contributed by atoms with van der Waals surface area (Å²) in [6.45, 7) is 6.01. The molecule has 2 aromatic rings. The van der Waals surface area contributed by atoms with Gasteiger partial charge in [0, 0.05) is 13.0 Å². The lowest BCUT2D eigenvalue weighted by Gasteiger charge is -2.17. The molecule has 7 N–H and O–H groups in total. The summed E-state index contributed by atoms with van der Waals surface area (Å²) in [5.41, 5.74) is 11.4. The number of anilines is 1. The van der Waals surface area contributed by atoms with E-state index in [2.05, 4.69) is 10.7 Å². The van der Waals surface area contributed by atoms with E-state index in [4.69, 9.17) is 10.5 Å². The third kappa shape index (κ3) is 4.60. The number of fused-ring (bicyclic) bond motifs is 1. The Bertz CT molecular complexity index is 715. The van der Waals surface area contributed by atoms with Crippen molar-refractivity contribution in [1.29, 1.82) is 0 Å². The molecule has 0 radical (unpaired) electrons. The second kappa shape index (κ2) is 7.68. The van der Waals surface area contributed by atoms with Gasteiger partial charge in [0.25, 0.3) is 0 Å². The first kappa shape index (κ1) is 21.2. The van der Waals surface area contributed by atoms with Crippen LogP contribution < -0.4 is 46.0 Å². The van der Waals surface area contributed by atoms with Crippen molar-refractivity contribution in [2.45, 2.75) is 26.3 Å². The molecule has 23 heavy (non-hydrogen) atoms. The molecule has 0 atom stereocenters. The zero-order valence-electron chi connectivity index (χ0n) is 13.2. The fourth-order valence-corrected chi connectivity index (χ4v) is 2.17. The number of nitrogens with two attached hydrogens (primary N) is 1. The Hall–Kier alpha value is -1.76. The molecule has 0 fully saturated rings. The predicted octanol–water partition coefficient (Wildman–Crippen LogP) is -5.35. The highest BCUT2D eigenvalue weighted by Gasteiger charge is 2.24. The van der Waals surface area contributed by atoms with E-state index in [-0.39, 0.29) is 41.6 Å². The molecule has 0 unspecified atom stereocenters. The van der Waals surface area contributed by atoms with Gasteiger partial charge in [-0.3, -0.25) is 0 Å². The molecular formula is C15H21Cl2N3O3. The lowest BCUT2D eigenvalue weighted by molar-refractivity contribution is -0.469. The van der Waals surface area contributed by atoms with Crippen LogP contribution in [0.2, 0.25) is 0 Å². The third-order valence-electron chi connectivity index (χ3n) is 3.09. The van der Waals surface area contributed by atoms with Crippen molar-refractivity contribution >= 4 is 22.6 Å². The quantitative estimate of drug-likeness (QED) is 0.504. The molecule has 2 rings (SSSR count). The highest BCUT2D eigenvalue weighted by molar-refractivity contribution is 6.05. The lowest BCUT2D eigenvalue weighted by Crippen LogP contribution is -3.00. The van der Waals surface area contributed by atoms with Crippen LogP contribution >= 0.6 is 0 Å². The predicted molar refractivity (Wildman–Crippen MR) is 79.1 cm³/mol. The van der Waals surface area contributed by atoms with Gasteiger partial charge in [-0.15, -0.1) is 0 Å². The van der Waals surface area contributed by atoms with Crippen LogP contribution in [0.3, 0.4) is 0 Å². The van der Waals surface area contributed by atoms with Gasteiger partial charge in [0.15, 0.2) is 5.69 Å². The molecule has 128 valence electrons. The number of carboxylic acid groups (broad SMARTS) is 1. The molecular weight excluding hydrogens is 341 g/mol. The molecule has 0 saturated heterocycles. The van der Waals surface area contributed by atoms with Crippen molar-refractivity contribution in [3.05, 3.63) is 29.5 Å². The minimum absolute atomic E-state index is 0. The van der Waals surface area contributed by atoms with Gasteiger partial charge in [-0.25, -0.2) is 9.78 Å². The number of halogens is 2. The van der Waals surface area contributed by atoms with Crippen molar-refractivity contribution in [2.24, 2.45) is 0 Å². The number of rotatable bonds is 4. The maximum Gasteiger partial charge on any atom is 0.344 e. The van der Waals surface area contributed by atoms with Gasteiger partial charge in [-0.05, 0) is 19.9 Å². The maximum absolute atomic E-state index is 11.4. The lowest BCUT2D eigenvalue weighted by atomic mass is 10.1. The van der Waals surface area contributed by atoms with Gasteiger partial charge in [0.1, 0.15) is 28.8 Å². The summed E-state index contributed by atoms with van der Waals surface area (Å²) < 4.78 is 5.78. The monoisotopic (exact) mass is 361 g/mol. The number of quaternary nitrogens is 1. The standard InChI is InChI=1S/C15H19N3O3.2ClH/c1-8-11(14(19)20)13(16)12-9(18-8)5-4-6-10(12)21-7-15(2,3)17;;/h4-6H,7,17H2,1-3H3,(H2,16,18)(H,19,20);2*1H. The summed E-state index contributed by atoms with van der Waals surface area (Å²) in [6.07, 6.45) is 0. The number of aromatic amines is 1. The summed E-state index contributed by atoms with van der Waals surface area (Å²) in [5.74, 6) is -0.504. The number of aromatic nitrogens is 1. The van der Waals surface area contributed by atoms with Gasteiger partial charge in [-0.1, -0.05) is 6.07 Å². The Morgan fingerprint density at radius 3 is 2.52 bits per heavy atom. The zero-order chi connectivity index (χ0) is 15.8. The zero-order valence-corrected chi connectivity index (χ0v) is 14.8. The van der Waals surface area contributed by atoms with E-state index in [9.17, 15) is 9.90 Å². The molecule has 6 nitrogen and oxygen atoms in total. The second-order valence-electron chi connectivity index (χ2n) is 5.98. The van der Waals surface area contributed by atoms with Gasteiger partial charge < -0.3 is 46.1 Å². The normalized spacial score (nSPS) is 10.6. The van der Waals surface area contributed by atoms with E-state index >= 15 is 0 Å². The average molecular weight is 362 g/mol. The largest absolute Gasteiger partial charge is 1.00 e. The number of ether oxygens (including phenoxy) is 1. The fraction of sp³-hybridized carbons (Fsp3) is 0.333. The Labute approximate surface area is 147 Å². The number of hydrogen-bond donors (Lipinski definition) is 3. The van der Waals surface area contributed by atoms with E-state index in [0.717, 1.165) is 5.52 Å². The minimum atomic E-state index is -1.06. The number of pyridine rings is 1. The number of nitrogens with one attached hydrogen (secondary N) is 1. The van der Waals surface area contributed by atoms with E-state index in [1.807, 2.05) is 26.0 Å². The molecule has 0 bridgehead atoms. The van der Waals surface area contributed by atoms with Gasteiger partial charge >= 0.3 is 5.97 Å². The minimum Gasteiger partial charge on any atom is -1.00 e. The van der Waals surface area contributed by atoms with Crippen LogP contribution in [0, 0.1) is 6.92 Å². The number of H-pyrrole nitrogens is 1. The van der Waals surface area contributed by atoms with Crippen molar-refractivity contribution in [2.75, 3.05) is 12.3 Å². The Morgan fingerprint density at radius 1 is 1.39 bits per heavy atom. The van der Waals surface area contributed by atoms with Crippen LogP contribution in [0.1, 0.15) is 29.9 Å². The van der Waals surface area contributed by atoms with Crippen LogP contribution in [0.25, 0.3) is 10.9 Å². The number of aromatic carboxylic acids is 1. The molecule has 8 heteroatoms. The fourth-order valence-electron chi connectivity index (χ4n) is 2.17. The van der Waals surface area contributed by atoms with Crippen LogP contribution in [-0.4, -0.2) is 23.2 Å². The van der Waals surface area contributed by atoms with E-state index in [1.165, 1.54) is 0 Å². The van der Waals surface area contributed by atoms with Crippen molar-refractivity contribution in [3.63, 3.8) is 0 Å². The first-order valence-electron chi connectivity index (χ1n) is 6.66. The molecule has 0 saturated carbocycles. The first-order chi connectivity index (χ1) is 9.70. The Balaban J connectivity index is 0.00000242. The van der Waals surface area contributed by atoms with Crippen molar-refractivity contribution in [3.8, 4) is 5.75 Å². The number of carbonyl (C=O) groups is 1. The Morgan fingerprint density at radius 2 is 2.00 bits per heavy atom. The summed E-state index contributed by atoms with van der Waals surface area (Å²) in [7, 11) is 0. The molecule has 1 heterocycles. The highest BCUT2D eigenvalue weighted by Crippen LogP contribution is 2.31. The SMILES string of the molecule is Cc1[nH+]c2cccc(OCC(C)(C)[NH3+])c2c(N)c1C(=O)O.[Cl-].[Cl-]. The summed E-state index contributed by atoms with van der Waals surface area (Å²) >= 11 is 0. The van der Waals surface area contributed by atoms with Crippen molar-refractivity contribution < 1.29 is 50.2 Å². The summed E-state index contributed by atoms with van der Waals surface area (Å²) in [5, 5.41) is 9.89. The molecule has 0 aliphatic heterocycles. The molecule has 0 aliphatic rings. The van der Waals surface area contributed by atoms with Crippen LogP contribution in [-0.2, 0) is 0 Å². The highest BCUT2D eigenvalue weighted by atomic mass is 35.5. The summed E-state index contributed by atoms with van der Waals surface area (Å²) in [6, 6.07) is 5.45. The smallest absolute Gasteiger partial charge is 0.344 e.